The number of carbonyl (C=O) groups excluding carboxylic acids is 1. The lowest BCUT2D eigenvalue weighted by atomic mass is 10.0. The molecule has 2 aromatic rings. The molecule has 2 heteroatoms. The van der Waals surface area contributed by atoms with Crippen molar-refractivity contribution in [1.82, 2.24) is 0 Å². The van der Waals surface area contributed by atoms with Crippen LogP contribution in [0.2, 0.25) is 0 Å². The predicted molar refractivity (Wildman–Crippen MR) is 76.4 cm³/mol. The van der Waals surface area contributed by atoms with Gasteiger partial charge in [-0.2, -0.15) is 0 Å². The van der Waals surface area contributed by atoms with Crippen LogP contribution in [-0.2, 0) is 4.79 Å². The molecule has 0 aliphatic heterocycles. The number of rotatable bonds is 3. The molecule has 0 radical (unpaired) electrons. The third kappa shape index (κ3) is 3.08. The minimum Gasteiger partial charge on any atom is -0.276 e. The number of halogens is 1. The van der Waals surface area contributed by atoms with Gasteiger partial charge in [0.25, 0.3) is 0 Å². The van der Waals surface area contributed by atoms with Gasteiger partial charge in [0.2, 0.25) is 5.24 Å². The minimum atomic E-state index is -0.445. The predicted octanol–water partition coefficient (Wildman–Crippen LogP) is 4.52. The molecule has 0 atom stereocenters. The summed E-state index contributed by atoms with van der Waals surface area (Å²) in [6.45, 7) is 1.87. The number of carbonyl (C=O) groups is 1. The van der Waals surface area contributed by atoms with Crippen LogP contribution in [0.1, 0.15) is 12.5 Å². The van der Waals surface area contributed by atoms with Gasteiger partial charge in [0, 0.05) is 6.08 Å². The maximum atomic E-state index is 10.8. The van der Waals surface area contributed by atoms with Crippen molar-refractivity contribution in [3.8, 4) is 11.1 Å². The van der Waals surface area contributed by atoms with Crippen LogP contribution in [0.3, 0.4) is 0 Å². The van der Waals surface area contributed by atoms with Gasteiger partial charge in [-0.3, -0.25) is 4.79 Å². The molecular weight excluding hydrogens is 244 g/mol. The van der Waals surface area contributed by atoms with E-state index in [0.29, 0.717) is 0 Å². The fourth-order valence-corrected chi connectivity index (χ4v) is 1.97. The zero-order valence-electron chi connectivity index (χ0n) is 10.1. The lowest BCUT2D eigenvalue weighted by Gasteiger charge is -2.04. The van der Waals surface area contributed by atoms with Crippen molar-refractivity contribution in [2.75, 3.05) is 0 Å². The number of hydrogen-bond donors (Lipinski definition) is 0. The van der Waals surface area contributed by atoms with Crippen LogP contribution in [-0.4, -0.2) is 5.24 Å². The summed E-state index contributed by atoms with van der Waals surface area (Å²) in [5, 5.41) is -0.445. The Morgan fingerprint density at radius 3 is 2.06 bits per heavy atom. The van der Waals surface area contributed by atoms with E-state index in [4.69, 9.17) is 11.6 Å². The van der Waals surface area contributed by atoms with Gasteiger partial charge in [-0.05, 0) is 40.8 Å². The summed E-state index contributed by atoms with van der Waals surface area (Å²) >= 11 is 5.33. The number of benzene rings is 2. The van der Waals surface area contributed by atoms with Gasteiger partial charge in [0.15, 0.2) is 0 Å². The second-order valence-electron chi connectivity index (χ2n) is 4.07. The fourth-order valence-electron chi connectivity index (χ4n) is 1.81. The van der Waals surface area contributed by atoms with Crippen molar-refractivity contribution in [2.24, 2.45) is 0 Å². The van der Waals surface area contributed by atoms with Gasteiger partial charge in [0.05, 0.1) is 0 Å². The van der Waals surface area contributed by atoms with Gasteiger partial charge >= 0.3 is 0 Å². The molecule has 0 fully saturated rings. The molecule has 18 heavy (non-hydrogen) atoms. The molecule has 1 nitrogen and oxygen atoms in total. The highest BCUT2D eigenvalue weighted by atomic mass is 35.5. The van der Waals surface area contributed by atoms with E-state index in [0.717, 1.165) is 16.7 Å². The molecule has 0 heterocycles. The highest BCUT2D eigenvalue weighted by Gasteiger charge is 2.00. The smallest absolute Gasteiger partial charge is 0.245 e. The Balaban J connectivity index is 2.29. The van der Waals surface area contributed by atoms with Crippen molar-refractivity contribution >= 4 is 22.4 Å². The zero-order chi connectivity index (χ0) is 13.0. The maximum absolute atomic E-state index is 10.8. The van der Waals surface area contributed by atoms with E-state index in [-0.39, 0.29) is 0 Å². The van der Waals surface area contributed by atoms with Gasteiger partial charge in [-0.25, -0.2) is 0 Å². The van der Waals surface area contributed by atoms with Crippen LogP contribution in [0.4, 0.5) is 0 Å². The highest BCUT2D eigenvalue weighted by molar-refractivity contribution is 6.67. The van der Waals surface area contributed by atoms with Crippen molar-refractivity contribution in [3.05, 3.63) is 66.2 Å². The normalized spacial score (nSPS) is 11.3. The first-order valence-corrected chi connectivity index (χ1v) is 6.08. The van der Waals surface area contributed by atoms with E-state index in [1.54, 1.807) is 0 Å². The van der Waals surface area contributed by atoms with E-state index >= 15 is 0 Å². The Hall–Kier alpha value is -1.86. The number of allylic oxidation sites excluding steroid dienone is 2. The fraction of sp³-hybridized carbons (Fsp3) is 0.0625. The van der Waals surface area contributed by atoms with E-state index in [1.807, 2.05) is 49.4 Å². The number of hydrogen-bond acceptors (Lipinski definition) is 1. The second kappa shape index (κ2) is 5.65. The summed E-state index contributed by atoms with van der Waals surface area (Å²) in [5.74, 6) is 0. The van der Waals surface area contributed by atoms with Crippen LogP contribution < -0.4 is 0 Å². The Morgan fingerprint density at radius 2 is 1.50 bits per heavy atom. The van der Waals surface area contributed by atoms with Crippen molar-refractivity contribution in [2.45, 2.75) is 6.92 Å². The summed E-state index contributed by atoms with van der Waals surface area (Å²) in [4.78, 5) is 10.8. The first kappa shape index (κ1) is 12.6. The Kier molecular flexibility index (Phi) is 3.96. The van der Waals surface area contributed by atoms with E-state index in [2.05, 4.69) is 12.1 Å². The van der Waals surface area contributed by atoms with Crippen LogP contribution in [0.5, 0.6) is 0 Å². The van der Waals surface area contributed by atoms with Gasteiger partial charge in [-0.1, -0.05) is 54.6 Å². The summed E-state index contributed by atoms with van der Waals surface area (Å²) in [5.41, 5.74) is 4.21. The average Bonchev–Trinajstić information content (AvgIpc) is 2.39. The van der Waals surface area contributed by atoms with E-state index in [1.165, 1.54) is 11.6 Å². The third-order valence-electron chi connectivity index (χ3n) is 2.78. The topological polar surface area (TPSA) is 17.1 Å². The summed E-state index contributed by atoms with van der Waals surface area (Å²) < 4.78 is 0. The van der Waals surface area contributed by atoms with Crippen LogP contribution in [0.15, 0.2) is 60.7 Å². The first-order valence-electron chi connectivity index (χ1n) is 5.70. The lowest BCUT2D eigenvalue weighted by molar-refractivity contribution is -0.107. The molecular formula is C16H13ClO. The maximum Gasteiger partial charge on any atom is 0.245 e. The largest absolute Gasteiger partial charge is 0.276 e. The molecule has 0 bridgehead atoms. The minimum absolute atomic E-state index is 0.445. The highest BCUT2D eigenvalue weighted by Crippen LogP contribution is 2.22. The Labute approximate surface area is 112 Å². The van der Waals surface area contributed by atoms with Crippen molar-refractivity contribution in [3.63, 3.8) is 0 Å². The summed E-state index contributed by atoms with van der Waals surface area (Å²) in [7, 11) is 0. The quantitative estimate of drug-likeness (QED) is 0.583. The molecule has 0 aromatic heterocycles. The zero-order valence-corrected chi connectivity index (χ0v) is 10.8. The molecule has 90 valence electrons. The molecule has 0 aliphatic carbocycles. The SMILES string of the molecule is C/C(=C/C(=O)Cl)c1ccc(-c2ccccc2)cc1. The van der Waals surface area contributed by atoms with Crippen LogP contribution in [0.25, 0.3) is 16.7 Å². The molecule has 2 aromatic carbocycles. The van der Waals surface area contributed by atoms with Crippen LogP contribution >= 0.6 is 11.6 Å². The summed E-state index contributed by atoms with van der Waals surface area (Å²) in [6.07, 6.45) is 1.43. The van der Waals surface area contributed by atoms with Crippen molar-refractivity contribution < 1.29 is 4.79 Å². The third-order valence-corrected chi connectivity index (χ3v) is 2.89. The first-order chi connectivity index (χ1) is 8.66. The molecule has 0 N–H and O–H groups in total. The Morgan fingerprint density at radius 1 is 0.944 bits per heavy atom. The average molecular weight is 257 g/mol. The Bertz CT molecular complexity index is 568. The molecule has 0 saturated carbocycles. The molecule has 2 rings (SSSR count). The van der Waals surface area contributed by atoms with Crippen LogP contribution in [0, 0.1) is 0 Å². The lowest BCUT2D eigenvalue weighted by Crippen LogP contribution is -1.84. The molecule has 0 amide bonds. The van der Waals surface area contributed by atoms with E-state index < -0.39 is 5.24 Å². The molecule has 0 unspecified atom stereocenters. The monoisotopic (exact) mass is 256 g/mol. The van der Waals surface area contributed by atoms with Gasteiger partial charge in [0.1, 0.15) is 0 Å². The summed E-state index contributed by atoms with van der Waals surface area (Å²) in [6, 6.07) is 18.2. The second-order valence-corrected chi connectivity index (χ2v) is 4.45. The standard InChI is InChI=1S/C16H13ClO/c1-12(11-16(17)18)13-7-9-15(10-8-13)14-5-3-2-4-6-14/h2-11H,1H3/b12-11-. The van der Waals surface area contributed by atoms with Crippen molar-refractivity contribution in [1.29, 1.82) is 0 Å². The van der Waals surface area contributed by atoms with E-state index in [9.17, 15) is 4.79 Å². The molecule has 0 saturated heterocycles. The van der Waals surface area contributed by atoms with Gasteiger partial charge in [-0.15, -0.1) is 0 Å². The van der Waals surface area contributed by atoms with Gasteiger partial charge < -0.3 is 0 Å². The molecule has 0 aliphatic rings. The molecule has 0 spiro atoms.